The van der Waals surface area contributed by atoms with Crippen LogP contribution in [0.1, 0.15) is 12.5 Å². The minimum absolute atomic E-state index is 0.0243. The summed E-state index contributed by atoms with van der Waals surface area (Å²) >= 11 is 0. The van der Waals surface area contributed by atoms with Crippen LogP contribution in [0.5, 0.6) is 0 Å². The fourth-order valence-corrected chi connectivity index (χ4v) is 1.37. The molecule has 0 aliphatic rings. The molecule has 0 radical (unpaired) electrons. The molecule has 2 N–H and O–H groups in total. The Labute approximate surface area is 120 Å². The molecule has 1 rings (SSSR count). The summed E-state index contributed by atoms with van der Waals surface area (Å²) in [5.41, 5.74) is 1.38. The number of non-ortho nitro benzene ring substituents is 1. The Balaban J connectivity index is 2.49. The Morgan fingerprint density at radius 1 is 1.43 bits per heavy atom. The molecule has 0 fully saturated rings. The van der Waals surface area contributed by atoms with Crippen molar-refractivity contribution in [2.24, 2.45) is 0 Å². The Bertz CT molecular complexity index is 597. The summed E-state index contributed by atoms with van der Waals surface area (Å²) < 4.78 is 4.74. The normalized spacial score (nSPS) is 9.62. The molecule has 8 nitrogen and oxygen atoms in total. The number of nitrogens with zero attached hydrogens (tertiary/aromatic N) is 1. The summed E-state index contributed by atoms with van der Waals surface area (Å²) in [7, 11) is 0. The van der Waals surface area contributed by atoms with Gasteiger partial charge in [0, 0.05) is 23.4 Å². The molecule has 8 heteroatoms. The molecule has 0 atom stereocenters. The van der Waals surface area contributed by atoms with Gasteiger partial charge < -0.3 is 10.1 Å². The lowest BCUT2D eigenvalue weighted by molar-refractivity contribution is -0.384. The highest BCUT2D eigenvalue weighted by Gasteiger charge is 2.10. The van der Waals surface area contributed by atoms with Gasteiger partial charge in [0.2, 0.25) is 0 Å². The zero-order valence-corrected chi connectivity index (χ0v) is 11.6. The van der Waals surface area contributed by atoms with E-state index >= 15 is 0 Å². The predicted molar refractivity (Wildman–Crippen MR) is 75.8 cm³/mol. The Hall–Kier alpha value is -2.90. The average Bonchev–Trinajstić information content (AvgIpc) is 2.40. The first kappa shape index (κ1) is 16.2. The predicted octanol–water partition coefficient (Wildman–Crippen LogP) is 2.10. The number of carbonyl (C=O) groups is 2. The first-order valence-corrected chi connectivity index (χ1v) is 5.93. The van der Waals surface area contributed by atoms with E-state index in [1.807, 2.05) is 5.32 Å². The summed E-state index contributed by atoms with van der Waals surface area (Å²) in [6, 6.07) is 4.24. The monoisotopic (exact) mass is 293 g/mol. The van der Waals surface area contributed by atoms with Crippen molar-refractivity contribution in [3.63, 3.8) is 0 Å². The van der Waals surface area contributed by atoms with E-state index in [-0.39, 0.29) is 18.0 Å². The van der Waals surface area contributed by atoms with Gasteiger partial charge in [-0.1, -0.05) is 6.58 Å². The summed E-state index contributed by atoms with van der Waals surface area (Å²) in [6.07, 6.45) is -0.907. The number of nitro groups is 1. The molecule has 0 saturated heterocycles. The topological polar surface area (TPSA) is 111 Å². The highest BCUT2D eigenvalue weighted by molar-refractivity contribution is 6.01. The maximum Gasteiger partial charge on any atom is 0.415 e. The van der Waals surface area contributed by atoms with E-state index in [0.717, 1.165) is 0 Å². The van der Waals surface area contributed by atoms with Gasteiger partial charge in [0.1, 0.15) is 0 Å². The number of rotatable bonds is 5. The van der Waals surface area contributed by atoms with E-state index in [1.165, 1.54) is 25.1 Å². The lowest BCUT2D eigenvalue weighted by atomic mass is 10.2. The first-order valence-electron chi connectivity index (χ1n) is 5.93. The molecule has 21 heavy (non-hydrogen) atoms. The number of aryl methyl sites for hydroxylation is 1. The molecule has 0 aliphatic heterocycles. The number of nitrogens with one attached hydrogen (secondary N) is 2. The maximum atomic E-state index is 11.3. The zero-order valence-electron chi connectivity index (χ0n) is 11.6. The van der Waals surface area contributed by atoms with Gasteiger partial charge in [-0.3, -0.25) is 20.2 Å². The third-order valence-corrected chi connectivity index (χ3v) is 2.49. The average molecular weight is 293 g/mol. The molecule has 0 bridgehead atoms. The van der Waals surface area contributed by atoms with Gasteiger partial charge in [-0.25, -0.2) is 4.79 Å². The number of carbonyl (C=O) groups excluding carboxylic acids is 2. The van der Waals surface area contributed by atoms with Gasteiger partial charge in [0.05, 0.1) is 4.92 Å². The molecule has 0 aliphatic carbocycles. The second kappa shape index (κ2) is 7.04. The van der Waals surface area contributed by atoms with Crippen LogP contribution < -0.4 is 10.6 Å². The van der Waals surface area contributed by atoms with Crippen LogP contribution in [0.15, 0.2) is 30.4 Å². The minimum atomic E-state index is -0.907. The third-order valence-electron chi connectivity index (χ3n) is 2.49. The molecule has 2 amide bonds. The van der Waals surface area contributed by atoms with Gasteiger partial charge in [-0.15, -0.1) is 0 Å². The smallest absolute Gasteiger partial charge is 0.415 e. The summed E-state index contributed by atoms with van der Waals surface area (Å²) in [5, 5.41) is 15.3. The van der Waals surface area contributed by atoms with Crippen molar-refractivity contribution >= 4 is 23.4 Å². The van der Waals surface area contributed by atoms with E-state index in [4.69, 9.17) is 4.74 Å². The number of amides is 2. The van der Waals surface area contributed by atoms with Crippen molar-refractivity contribution in [1.29, 1.82) is 0 Å². The fraction of sp³-hybridized carbons (Fsp3) is 0.231. The summed E-state index contributed by atoms with van der Waals surface area (Å²) in [5.74, 6) is -0.619. The molecule has 1 aromatic carbocycles. The minimum Gasteiger partial charge on any atom is -0.428 e. The number of nitro benzene ring substituents is 1. The molecular weight excluding hydrogens is 278 g/mol. The van der Waals surface area contributed by atoms with Crippen molar-refractivity contribution < 1.29 is 19.2 Å². The van der Waals surface area contributed by atoms with Crippen LogP contribution in [0, 0.1) is 17.0 Å². The summed E-state index contributed by atoms with van der Waals surface area (Å²) in [4.78, 5) is 32.5. The fourth-order valence-electron chi connectivity index (χ4n) is 1.37. The van der Waals surface area contributed by atoms with Crippen molar-refractivity contribution in [2.75, 3.05) is 12.0 Å². The van der Waals surface area contributed by atoms with Gasteiger partial charge in [0.25, 0.3) is 11.6 Å². The van der Waals surface area contributed by atoms with Crippen LogP contribution in [0.25, 0.3) is 0 Å². The standard InChI is InChI=1S/C13H15N3O5/c1-8(2)12(17)15-13(18)21-7-14-11-5-4-10(16(19)20)6-9(11)3/h4-6,14H,1,7H2,2-3H3,(H,15,17,18). The van der Waals surface area contributed by atoms with E-state index in [1.54, 1.807) is 6.92 Å². The van der Waals surface area contributed by atoms with Gasteiger partial charge in [0.15, 0.2) is 6.73 Å². The number of benzene rings is 1. The molecule has 0 unspecified atom stereocenters. The SMILES string of the molecule is C=C(C)C(=O)NC(=O)OCNc1ccc([N+](=O)[O-])cc1C. The van der Waals surface area contributed by atoms with Gasteiger partial charge in [-0.05, 0) is 25.5 Å². The Kier molecular flexibility index (Phi) is 5.41. The maximum absolute atomic E-state index is 11.3. The number of hydrogen-bond acceptors (Lipinski definition) is 6. The number of alkyl carbamates (subject to hydrolysis) is 1. The van der Waals surface area contributed by atoms with Crippen LogP contribution in [0.2, 0.25) is 0 Å². The zero-order chi connectivity index (χ0) is 16.0. The highest BCUT2D eigenvalue weighted by Crippen LogP contribution is 2.20. The van der Waals surface area contributed by atoms with Crippen LogP contribution in [-0.2, 0) is 9.53 Å². The van der Waals surface area contributed by atoms with Crippen LogP contribution >= 0.6 is 0 Å². The number of hydrogen-bond donors (Lipinski definition) is 2. The highest BCUT2D eigenvalue weighted by atomic mass is 16.6. The number of anilines is 1. The molecule has 0 heterocycles. The van der Waals surface area contributed by atoms with Crippen LogP contribution in [0.3, 0.4) is 0 Å². The Morgan fingerprint density at radius 3 is 2.62 bits per heavy atom. The molecule has 1 aromatic rings. The quantitative estimate of drug-likeness (QED) is 0.372. The van der Waals surface area contributed by atoms with Crippen molar-refractivity contribution in [2.45, 2.75) is 13.8 Å². The van der Waals surface area contributed by atoms with Crippen LogP contribution in [-0.4, -0.2) is 23.7 Å². The number of imide groups is 1. The second-order valence-corrected chi connectivity index (χ2v) is 4.24. The van der Waals surface area contributed by atoms with Gasteiger partial charge in [-0.2, -0.15) is 0 Å². The second-order valence-electron chi connectivity index (χ2n) is 4.24. The van der Waals surface area contributed by atoms with Crippen molar-refractivity contribution in [3.05, 3.63) is 46.0 Å². The third kappa shape index (κ3) is 4.94. The van der Waals surface area contributed by atoms with Crippen LogP contribution in [0.4, 0.5) is 16.2 Å². The number of ether oxygens (including phenoxy) is 1. The van der Waals surface area contributed by atoms with E-state index in [9.17, 15) is 19.7 Å². The largest absolute Gasteiger partial charge is 0.428 e. The molecule has 112 valence electrons. The molecular formula is C13H15N3O5. The molecule has 0 spiro atoms. The lowest BCUT2D eigenvalue weighted by Crippen LogP contribution is -2.32. The first-order chi connectivity index (χ1) is 9.81. The molecule has 0 saturated carbocycles. The van der Waals surface area contributed by atoms with E-state index in [2.05, 4.69) is 11.9 Å². The summed E-state index contributed by atoms with van der Waals surface area (Å²) in [6.45, 7) is 6.33. The lowest BCUT2D eigenvalue weighted by Gasteiger charge is -2.10. The van der Waals surface area contributed by atoms with E-state index < -0.39 is 16.9 Å². The molecule has 0 aromatic heterocycles. The van der Waals surface area contributed by atoms with E-state index in [0.29, 0.717) is 11.3 Å². The van der Waals surface area contributed by atoms with Crippen molar-refractivity contribution in [3.8, 4) is 0 Å². The van der Waals surface area contributed by atoms with Crippen molar-refractivity contribution in [1.82, 2.24) is 5.32 Å². The Morgan fingerprint density at radius 2 is 2.10 bits per heavy atom. The van der Waals surface area contributed by atoms with Gasteiger partial charge >= 0.3 is 6.09 Å².